The zero-order valence-corrected chi connectivity index (χ0v) is 10.2. The molecule has 1 heterocycles. The molecule has 1 aromatic heterocycles. The van der Waals surface area contributed by atoms with E-state index in [1.165, 1.54) is 0 Å². The lowest BCUT2D eigenvalue weighted by molar-refractivity contribution is 0.380. The normalized spacial score (nSPS) is 10.2. The highest BCUT2D eigenvalue weighted by Crippen LogP contribution is 2.27. The monoisotopic (exact) mass is 267 g/mol. The van der Waals surface area contributed by atoms with Crippen molar-refractivity contribution in [2.45, 2.75) is 12.8 Å². The summed E-state index contributed by atoms with van der Waals surface area (Å²) >= 11 is 11.7. The summed E-state index contributed by atoms with van der Waals surface area (Å²) in [4.78, 5) is 4.16. The van der Waals surface area contributed by atoms with Crippen LogP contribution in [0.25, 0.3) is 11.4 Å². The Hall–Kier alpha value is -1.57. The average molecular weight is 268 g/mol. The molecule has 86 valence electrons. The quantitative estimate of drug-likeness (QED) is 0.854. The van der Waals surface area contributed by atoms with E-state index in [9.17, 15) is 0 Å². The van der Waals surface area contributed by atoms with Gasteiger partial charge in [-0.1, -0.05) is 28.4 Å². The molecule has 0 atom stereocenters. The van der Waals surface area contributed by atoms with E-state index < -0.39 is 0 Å². The van der Waals surface area contributed by atoms with E-state index in [4.69, 9.17) is 33.0 Å². The minimum Gasteiger partial charge on any atom is -0.339 e. The first-order valence-corrected chi connectivity index (χ1v) is 5.61. The number of aromatic nitrogens is 2. The van der Waals surface area contributed by atoms with Gasteiger partial charge in [-0.15, -0.1) is 0 Å². The van der Waals surface area contributed by atoms with Crippen LogP contribution in [0.3, 0.4) is 0 Å². The van der Waals surface area contributed by atoms with E-state index in [0.717, 1.165) is 5.56 Å². The second kappa shape index (κ2) is 5.17. The summed E-state index contributed by atoms with van der Waals surface area (Å²) in [5.41, 5.74) is 0.728. The highest BCUT2D eigenvalue weighted by atomic mass is 35.5. The van der Waals surface area contributed by atoms with Gasteiger partial charge in [-0.25, -0.2) is 0 Å². The van der Waals surface area contributed by atoms with Crippen LogP contribution in [-0.4, -0.2) is 10.1 Å². The number of hydrogen-bond donors (Lipinski definition) is 0. The summed E-state index contributed by atoms with van der Waals surface area (Å²) in [7, 11) is 0. The minimum absolute atomic E-state index is 0.350. The van der Waals surface area contributed by atoms with Crippen molar-refractivity contribution in [2.75, 3.05) is 0 Å². The number of nitrogens with zero attached hydrogens (tertiary/aromatic N) is 3. The smallest absolute Gasteiger partial charge is 0.227 e. The fraction of sp³-hybridized carbons (Fsp3) is 0.182. The van der Waals surface area contributed by atoms with Gasteiger partial charge >= 0.3 is 0 Å². The number of aryl methyl sites for hydroxylation is 1. The van der Waals surface area contributed by atoms with Crippen LogP contribution in [0.4, 0.5) is 0 Å². The maximum Gasteiger partial charge on any atom is 0.227 e. The molecule has 0 saturated carbocycles. The number of rotatable bonds is 3. The molecular formula is C11H7Cl2N3O. The molecule has 6 heteroatoms. The molecule has 0 amide bonds. The molecule has 0 aliphatic heterocycles. The van der Waals surface area contributed by atoms with Crippen LogP contribution >= 0.6 is 23.2 Å². The summed E-state index contributed by atoms with van der Waals surface area (Å²) in [5, 5.41) is 13.2. The molecule has 0 saturated heterocycles. The Kier molecular flexibility index (Phi) is 3.62. The number of halogens is 2. The molecule has 0 fully saturated rings. The molecule has 0 bridgehead atoms. The lowest BCUT2D eigenvalue weighted by atomic mass is 10.2. The largest absolute Gasteiger partial charge is 0.339 e. The third-order valence-electron chi connectivity index (χ3n) is 2.10. The summed E-state index contributed by atoms with van der Waals surface area (Å²) in [5.74, 6) is 0.879. The van der Waals surface area contributed by atoms with Crippen molar-refractivity contribution in [1.29, 1.82) is 5.26 Å². The molecule has 0 N–H and O–H groups in total. The Morgan fingerprint density at radius 1 is 1.29 bits per heavy atom. The van der Waals surface area contributed by atoms with E-state index in [1.54, 1.807) is 18.2 Å². The van der Waals surface area contributed by atoms with E-state index in [0.29, 0.717) is 34.6 Å². The van der Waals surface area contributed by atoms with Crippen LogP contribution in [0, 0.1) is 11.3 Å². The predicted octanol–water partition coefficient (Wildman–Crippen LogP) is 3.50. The second-order valence-corrected chi connectivity index (χ2v) is 4.11. The molecule has 0 spiro atoms. The van der Waals surface area contributed by atoms with Gasteiger partial charge in [-0.3, -0.25) is 0 Å². The van der Waals surface area contributed by atoms with E-state index in [1.807, 2.05) is 6.07 Å². The van der Waals surface area contributed by atoms with Crippen molar-refractivity contribution < 1.29 is 4.52 Å². The van der Waals surface area contributed by atoms with Gasteiger partial charge in [-0.05, 0) is 18.2 Å². The van der Waals surface area contributed by atoms with Gasteiger partial charge in [0.1, 0.15) is 0 Å². The number of nitriles is 1. The van der Waals surface area contributed by atoms with Gasteiger partial charge in [0, 0.05) is 18.4 Å². The zero-order valence-electron chi connectivity index (χ0n) is 8.65. The van der Waals surface area contributed by atoms with Crippen molar-refractivity contribution in [3.8, 4) is 17.5 Å². The lowest BCUT2D eigenvalue weighted by Crippen LogP contribution is -1.84. The van der Waals surface area contributed by atoms with E-state index >= 15 is 0 Å². The topological polar surface area (TPSA) is 62.7 Å². The maximum atomic E-state index is 8.45. The minimum atomic E-state index is 0.350. The van der Waals surface area contributed by atoms with E-state index in [-0.39, 0.29) is 0 Å². The standard InChI is InChI=1S/C11H7Cl2N3O/c12-8-4-3-7(6-9(8)13)11-15-10(17-16-11)2-1-5-14/h3-4,6H,1-2H2. The Morgan fingerprint density at radius 2 is 2.12 bits per heavy atom. The summed E-state index contributed by atoms with van der Waals surface area (Å²) < 4.78 is 5.00. The predicted molar refractivity (Wildman–Crippen MR) is 63.7 cm³/mol. The SMILES string of the molecule is N#CCCc1nc(-c2ccc(Cl)c(Cl)c2)no1. The van der Waals surface area contributed by atoms with Gasteiger partial charge in [0.15, 0.2) is 0 Å². The van der Waals surface area contributed by atoms with Gasteiger partial charge in [0.2, 0.25) is 11.7 Å². The van der Waals surface area contributed by atoms with Crippen molar-refractivity contribution in [3.05, 3.63) is 34.1 Å². The Labute approximate surface area is 108 Å². The first kappa shape index (κ1) is 11.9. The molecule has 2 aromatic rings. The molecule has 0 radical (unpaired) electrons. The highest BCUT2D eigenvalue weighted by molar-refractivity contribution is 6.42. The van der Waals surface area contributed by atoms with Crippen molar-refractivity contribution in [1.82, 2.24) is 10.1 Å². The fourth-order valence-corrected chi connectivity index (χ4v) is 1.57. The first-order chi connectivity index (χ1) is 8.20. The number of benzene rings is 1. The van der Waals surface area contributed by atoms with Crippen molar-refractivity contribution >= 4 is 23.2 Å². The Morgan fingerprint density at radius 3 is 2.82 bits per heavy atom. The maximum absolute atomic E-state index is 8.45. The Bertz CT molecular complexity index is 574. The van der Waals surface area contributed by atoms with E-state index in [2.05, 4.69) is 10.1 Å². The van der Waals surface area contributed by atoms with Crippen LogP contribution in [0.1, 0.15) is 12.3 Å². The highest BCUT2D eigenvalue weighted by Gasteiger charge is 2.09. The lowest BCUT2D eigenvalue weighted by Gasteiger charge is -1.97. The van der Waals surface area contributed by atoms with Gasteiger partial charge in [0.25, 0.3) is 0 Å². The Balaban J connectivity index is 2.25. The zero-order chi connectivity index (χ0) is 12.3. The molecular weight excluding hydrogens is 261 g/mol. The molecule has 0 aliphatic rings. The fourth-order valence-electron chi connectivity index (χ4n) is 1.27. The number of hydrogen-bond acceptors (Lipinski definition) is 4. The molecule has 1 aromatic carbocycles. The first-order valence-electron chi connectivity index (χ1n) is 4.85. The van der Waals surface area contributed by atoms with Crippen LogP contribution in [0.15, 0.2) is 22.7 Å². The van der Waals surface area contributed by atoms with Crippen molar-refractivity contribution in [2.24, 2.45) is 0 Å². The summed E-state index contributed by atoms with van der Waals surface area (Å²) in [6, 6.07) is 7.11. The second-order valence-electron chi connectivity index (χ2n) is 3.30. The van der Waals surface area contributed by atoms with Crippen LogP contribution < -0.4 is 0 Å². The third-order valence-corrected chi connectivity index (χ3v) is 2.84. The molecule has 0 unspecified atom stereocenters. The van der Waals surface area contributed by atoms with Crippen LogP contribution in [0.2, 0.25) is 10.0 Å². The molecule has 0 aliphatic carbocycles. The molecule has 2 rings (SSSR count). The van der Waals surface area contributed by atoms with Crippen LogP contribution in [0.5, 0.6) is 0 Å². The van der Waals surface area contributed by atoms with Gasteiger partial charge < -0.3 is 4.52 Å². The summed E-state index contributed by atoms with van der Waals surface area (Å²) in [6.45, 7) is 0. The molecule has 4 nitrogen and oxygen atoms in total. The van der Waals surface area contributed by atoms with Crippen molar-refractivity contribution in [3.63, 3.8) is 0 Å². The van der Waals surface area contributed by atoms with Gasteiger partial charge in [-0.2, -0.15) is 10.2 Å². The third kappa shape index (κ3) is 2.76. The van der Waals surface area contributed by atoms with Gasteiger partial charge in [0.05, 0.1) is 16.1 Å². The molecule has 17 heavy (non-hydrogen) atoms. The summed E-state index contributed by atoms with van der Waals surface area (Å²) in [6.07, 6.45) is 0.799. The van der Waals surface area contributed by atoms with Crippen LogP contribution in [-0.2, 0) is 6.42 Å². The average Bonchev–Trinajstić information content (AvgIpc) is 2.79.